The van der Waals surface area contributed by atoms with E-state index in [2.05, 4.69) is 149 Å². The lowest BCUT2D eigenvalue weighted by Gasteiger charge is -2.56. The Balaban J connectivity index is 1.30. The molecular weight excluding hydrogens is 605 g/mol. The van der Waals surface area contributed by atoms with Crippen LogP contribution in [0, 0.1) is 26.7 Å². The summed E-state index contributed by atoms with van der Waals surface area (Å²) in [4.78, 5) is 1.36. The van der Waals surface area contributed by atoms with E-state index in [1.807, 2.05) is 11.3 Å². The highest BCUT2D eigenvalue weighted by molar-refractivity contribution is 7.19. The van der Waals surface area contributed by atoms with Gasteiger partial charge in [-0.05, 0) is 72.7 Å². The number of furan rings is 1. The average molecular weight is 645 g/mol. The molecule has 3 aliphatic rings. The molecular formula is C44H40N2OS+2. The van der Waals surface area contributed by atoms with Gasteiger partial charge in [-0.25, -0.2) is 0 Å². The quantitative estimate of drug-likeness (QED) is 0.129. The van der Waals surface area contributed by atoms with Gasteiger partial charge in [0.2, 0.25) is 11.4 Å². The van der Waals surface area contributed by atoms with Gasteiger partial charge in [0.1, 0.15) is 23.0 Å². The molecule has 2 aliphatic heterocycles. The van der Waals surface area contributed by atoms with E-state index in [0.29, 0.717) is 6.04 Å². The van der Waals surface area contributed by atoms with Crippen molar-refractivity contribution in [3.05, 3.63) is 131 Å². The van der Waals surface area contributed by atoms with Gasteiger partial charge in [-0.1, -0.05) is 57.2 Å². The number of pyridine rings is 2. The van der Waals surface area contributed by atoms with Gasteiger partial charge in [-0.2, -0.15) is 9.13 Å². The normalized spacial score (nSPS) is 22.2. The molecule has 236 valence electrons. The van der Waals surface area contributed by atoms with Crippen molar-refractivity contribution in [2.45, 2.75) is 70.9 Å². The molecule has 1 saturated carbocycles. The van der Waals surface area contributed by atoms with Crippen molar-refractivity contribution in [1.29, 1.82) is 0 Å². The zero-order valence-electron chi connectivity index (χ0n) is 28.5. The molecule has 0 radical (unpaired) electrons. The van der Waals surface area contributed by atoms with Crippen LogP contribution in [0.4, 0.5) is 0 Å². The number of rotatable bonds is 1. The second kappa shape index (κ2) is 9.33. The minimum absolute atomic E-state index is 0.00405. The van der Waals surface area contributed by atoms with Gasteiger partial charge >= 0.3 is 0 Å². The van der Waals surface area contributed by atoms with E-state index < -0.39 is 0 Å². The number of hydrogen-bond acceptors (Lipinski definition) is 2. The van der Waals surface area contributed by atoms with Gasteiger partial charge < -0.3 is 4.42 Å². The summed E-state index contributed by atoms with van der Waals surface area (Å²) in [5, 5.41) is 3.68. The highest BCUT2D eigenvalue weighted by Gasteiger charge is 2.76. The fourth-order valence-electron chi connectivity index (χ4n) is 10.1. The fraction of sp³-hybridized carbons (Fsp3) is 0.273. The number of nitrogens with zero attached hydrogens (tertiary/aromatic N) is 2. The Morgan fingerprint density at radius 2 is 1.69 bits per heavy atom. The molecule has 0 saturated heterocycles. The summed E-state index contributed by atoms with van der Waals surface area (Å²) in [6.07, 6.45) is 7.94. The first kappa shape index (κ1) is 28.5. The van der Waals surface area contributed by atoms with E-state index in [0.717, 1.165) is 17.6 Å². The summed E-state index contributed by atoms with van der Waals surface area (Å²) in [6.45, 7) is 18.3. The van der Waals surface area contributed by atoms with Crippen molar-refractivity contribution in [2.75, 3.05) is 0 Å². The molecule has 4 unspecified atom stereocenters. The highest BCUT2D eigenvalue weighted by atomic mass is 32.1. The molecule has 4 aromatic heterocycles. The molecule has 0 bridgehead atoms. The molecule has 3 nitrogen and oxygen atoms in total. The maximum Gasteiger partial charge on any atom is 0.217 e. The van der Waals surface area contributed by atoms with Crippen molar-refractivity contribution in [3.8, 4) is 22.5 Å². The third-order valence-corrected chi connectivity index (χ3v) is 13.3. The smallest absolute Gasteiger partial charge is 0.217 e. The highest BCUT2D eigenvalue weighted by Crippen LogP contribution is 2.64. The van der Waals surface area contributed by atoms with Crippen LogP contribution in [0.3, 0.4) is 0 Å². The van der Waals surface area contributed by atoms with Crippen LogP contribution in [0.1, 0.15) is 65.4 Å². The van der Waals surface area contributed by atoms with Crippen molar-refractivity contribution in [3.63, 3.8) is 0 Å². The van der Waals surface area contributed by atoms with E-state index >= 15 is 0 Å². The molecule has 10 rings (SSSR count). The SMILES string of the molecule is C=CC1C2C(c3ccccc3-c3cccc[n+]32)C12Cc1ccc3c(oc4c3ccc3sc(C)c(C)c34)c1-c1cc(C(C)(C)C)c(C)c[n+]12. The minimum atomic E-state index is -0.208. The summed E-state index contributed by atoms with van der Waals surface area (Å²) in [5.74, 6) is 0.525. The predicted molar refractivity (Wildman–Crippen MR) is 197 cm³/mol. The molecule has 7 aromatic rings. The third-order valence-electron chi connectivity index (χ3n) is 12.2. The van der Waals surface area contributed by atoms with Crippen molar-refractivity contribution < 1.29 is 13.6 Å². The second-order valence-electron chi connectivity index (χ2n) is 15.5. The Kier molecular flexibility index (Phi) is 5.53. The van der Waals surface area contributed by atoms with Gasteiger partial charge in [0.05, 0.1) is 11.1 Å². The topological polar surface area (TPSA) is 20.9 Å². The zero-order valence-corrected chi connectivity index (χ0v) is 29.3. The average Bonchev–Trinajstić information content (AvgIpc) is 3.59. The van der Waals surface area contributed by atoms with Crippen molar-refractivity contribution in [1.82, 2.24) is 0 Å². The first-order valence-electron chi connectivity index (χ1n) is 17.3. The summed E-state index contributed by atoms with van der Waals surface area (Å²) < 4.78 is 13.6. The van der Waals surface area contributed by atoms with Gasteiger partial charge in [-0.15, -0.1) is 17.9 Å². The Bertz CT molecular complexity index is 2560. The van der Waals surface area contributed by atoms with E-state index in [4.69, 9.17) is 4.42 Å². The van der Waals surface area contributed by atoms with E-state index in [1.165, 1.54) is 76.1 Å². The Morgan fingerprint density at radius 3 is 2.50 bits per heavy atom. The van der Waals surface area contributed by atoms with Crippen LogP contribution in [0.5, 0.6) is 0 Å². The van der Waals surface area contributed by atoms with Gasteiger partial charge in [0, 0.05) is 55.9 Å². The van der Waals surface area contributed by atoms with Gasteiger partial charge in [-0.3, -0.25) is 0 Å². The molecule has 1 aliphatic carbocycles. The fourth-order valence-corrected chi connectivity index (χ4v) is 11.2. The molecule has 0 amide bonds. The van der Waals surface area contributed by atoms with Crippen LogP contribution in [0.25, 0.3) is 54.5 Å². The molecule has 1 fully saturated rings. The lowest BCUT2D eigenvalue weighted by molar-refractivity contribution is -0.837. The molecule has 4 atom stereocenters. The van der Waals surface area contributed by atoms with E-state index in [-0.39, 0.29) is 22.8 Å². The Hall–Kier alpha value is -4.54. The van der Waals surface area contributed by atoms with Crippen LogP contribution in [-0.2, 0) is 17.4 Å². The van der Waals surface area contributed by atoms with Crippen LogP contribution in [0.15, 0.2) is 102 Å². The third kappa shape index (κ3) is 3.34. The number of thiophene rings is 1. The molecule has 1 spiro atoms. The lowest BCUT2D eigenvalue weighted by Crippen LogP contribution is -2.80. The van der Waals surface area contributed by atoms with Gasteiger partial charge in [0.25, 0.3) is 0 Å². The summed E-state index contributed by atoms with van der Waals surface area (Å²) >= 11 is 1.86. The number of aromatic nitrogens is 2. The van der Waals surface area contributed by atoms with E-state index in [9.17, 15) is 0 Å². The Labute approximate surface area is 285 Å². The van der Waals surface area contributed by atoms with Crippen LogP contribution in [0.2, 0.25) is 0 Å². The molecule has 6 heterocycles. The molecule has 0 N–H and O–H groups in total. The molecule has 48 heavy (non-hydrogen) atoms. The minimum Gasteiger partial charge on any atom is -0.454 e. The van der Waals surface area contributed by atoms with Crippen LogP contribution in [-0.4, -0.2) is 0 Å². The zero-order chi connectivity index (χ0) is 32.9. The Morgan fingerprint density at radius 1 is 0.917 bits per heavy atom. The summed E-state index contributed by atoms with van der Waals surface area (Å²) in [5.41, 5.74) is 13.8. The maximum atomic E-state index is 7.12. The van der Waals surface area contributed by atoms with Crippen molar-refractivity contribution in [2.24, 2.45) is 5.92 Å². The number of benzene rings is 3. The van der Waals surface area contributed by atoms with Crippen LogP contribution >= 0.6 is 11.3 Å². The summed E-state index contributed by atoms with van der Waals surface area (Å²) in [6, 6.07) is 27.9. The number of hydrogen-bond donors (Lipinski definition) is 0. The number of fused-ring (bicyclic) bond motifs is 17. The van der Waals surface area contributed by atoms with Crippen molar-refractivity contribution >= 4 is 43.4 Å². The predicted octanol–water partition coefficient (Wildman–Crippen LogP) is 10.3. The standard InChI is InChI=1S/C44H40N2OS/c1-8-32-40-39(29-14-10-9-13-28(29)34-15-11-12-20-45(34)40)44(32)22-27-16-17-30-31-18-19-36-37(25(3)26(4)48-36)41(31)47-42(30)38(27)35-21-33(43(5,6)7)24(2)23-46(35)44/h8-21,23,32,39-40H,1,22H2,2-7H3/q+2. The molecule has 3 aromatic carbocycles. The maximum absolute atomic E-state index is 7.12. The lowest BCUT2D eigenvalue weighted by atomic mass is 9.48. The largest absolute Gasteiger partial charge is 0.454 e. The first-order chi connectivity index (χ1) is 23.1. The van der Waals surface area contributed by atoms with Gasteiger partial charge in [0.15, 0.2) is 24.0 Å². The van der Waals surface area contributed by atoms with E-state index in [1.54, 1.807) is 0 Å². The monoisotopic (exact) mass is 644 g/mol. The molecule has 4 heteroatoms. The number of aryl methyl sites for hydroxylation is 3. The first-order valence-corrected chi connectivity index (χ1v) is 18.1. The summed E-state index contributed by atoms with van der Waals surface area (Å²) in [7, 11) is 0. The van der Waals surface area contributed by atoms with Crippen LogP contribution < -0.4 is 9.13 Å². The second-order valence-corrected chi connectivity index (χ2v) is 16.8. The number of allylic oxidation sites excluding steroid dienone is 1.